The average molecular weight is 161 g/mol. The lowest BCUT2D eigenvalue weighted by Crippen LogP contribution is -2.30. The lowest BCUT2D eigenvalue weighted by atomic mass is 10.2. The summed E-state index contributed by atoms with van der Waals surface area (Å²) in [4.78, 5) is 2.08. The van der Waals surface area contributed by atoms with Gasteiger partial charge < -0.3 is 4.90 Å². The minimum atomic E-state index is 0.323. The number of halogens is 1. The molecule has 0 aliphatic heterocycles. The molecular weight excluding hydrogens is 148 g/mol. The fourth-order valence-electron chi connectivity index (χ4n) is 0.642. The Morgan fingerprint density at radius 1 is 1.70 bits per heavy atom. The molecule has 0 bridgehead atoms. The lowest BCUT2D eigenvalue weighted by Gasteiger charge is -2.20. The Kier molecular flexibility index (Phi) is 5.38. The molecule has 0 fully saturated rings. The van der Waals surface area contributed by atoms with Crippen molar-refractivity contribution in [2.75, 3.05) is 19.5 Å². The molecule has 58 valence electrons. The lowest BCUT2D eigenvalue weighted by molar-refractivity contribution is 0.276. The first-order valence-corrected chi connectivity index (χ1v) is 3.89. The molecule has 3 heteroatoms. The largest absolute Gasteiger partial charge is 0.301 e. The van der Waals surface area contributed by atoms with Crippen LogP contribution in [0.4, 0.5) is 0 Å². The summed E-state index contributed by atoms with van der Waals surface area (Å²) in [7, 11) is 1.98. The number of nitriles is 1. The van der Waals surface area contributed by atoms with E-state index in [0.717, 1.165) is 6.54 Å². The summed E-state index contributed by atoms with van der Waals surface area (Å²) in [5.74, 6) is 0.631. The highest BCUT2D eigenvalue weighted by molar-refractivity contribution is 6.18. The maximum atomic E-state index is 8.34. The predicted octanol–water partition coefficient (Wildman–Crippen LogP) is 1.46. The van der Waals surface area contributed by atoms with Gasteiger partial charge in [0.1, 0.15) is 0 Å². The van der Waals surface area contributed by atoms with Crippen molar-refractivity contribution < 1.29 is 0 Å². The van der Waals surface area contributed by atoms with E-state index in [2.05, 4.69) is 11.0 Å². The highest BCUT2D eigenvalue weighted by Crippen LogP contribution is 1.99. The van der Waals surface area contributed by atoms with Crippen molar-refractivity contribution in [2.45, 2.75) is 19.4 Å². The van der Waals surface area contributed by atoms with Gasteiger partial charge in [-0.2, -0.15) is 5.26 Å². The zero-order chi connectivity index (χ0) is 7.98. The molecule has 0 spiro atoms. The van der Waals surface area contributed by atoms with Crippen molar-refractivity contribution in [3.63, 3.8) is 0 Å². The SMILES string of the molecule is CC(CC#N)N(C)CCCl. The fourth-order valence-corrected chi connectivity index (χ4v) is 0.908. The van der Waals surface area contributed by atoms with Crippen LogP contribution in [0.25, 0.3) is 0 Å². The number of hydrogen-bond acceptors (Lipinski definition) is 2. The Labute approximate surface area is 67.4 Å². The molecule has 0 saturated carbocycles. The third kappa shape index (κ3) is 3.71. The number of alkyl halides is 1. The van der Waals surface area contributed by atoms with E-state index < -0.39 is 0 Å². The van der Waals surface area contributed by atoms with Gasteiger partial charge in [0.2, 0.25) is 0 Å². The molecule has 0 heterocycles. The summed E-state index contributed by atoms with van der Waals surface area (Å²) in [6.45, 7) is 2.88. The molecule has 1 unspecified atom stereocenters. The standard InChI is InChI=1S/C7H13ClN2/c1-7(3-5-9)10(2)6-4-8/h7H,3-4,6H2,1-2H3. The second-order valence-corrected chi connectivity index (χ2v) is 2.76. The van der Waals surface area contributed by atoms with Crippen molar-refractivity contribution >= 4 is 11.6 Å². The summed E-state index contributed by atoms with van der Waals surface area (Å²) in [6, 6.07) is 2.44. The summed E-state index contributed by atoms with van der Waals surface area (Å²) < 4.78 is 0. The van der Waals surface area contributed by atoms with Crippen molar-refractivity contribution in [2.24, 2.45) is 0 Å². The summed E-state index contributed by atoms with van der Waals surface area (Å²) in [6.07, 6.45) is 0.577. The summed E-state index contributed by atoms with van der Waals surface area (Å²) in [5, 5.41) is 8.34. The maximum Gasteiger partial charge on any atom is 0.0638 e. The van der Waals surface area contributed by atoms with Gasteiger partial charge in [-0.1, -0.05) is 0 Å². The van der Waals surface area contributed by atoms with Crippen molar-refractivity contribution in [1.29, 1.82) is 5.26 Å². The first kappa shape index (κ1) is 9.74. The first-order chi connectivity index (χ1) is 4.72. The molecule has 0 aliphatic rings. The highest BCUT2D eigenvalue weighted by atomic mass is 35.5. The molecular formula is C7H13ClN2. The van der Waals surface area contributed by atoms with Gasteiger partial charge in [-0.05, 0) is 14.0 Å². The Morgan fingerprint density at radius 2 is 2.30 bits per heavy atom. The van der Waals surface area contributed by atoms with Crippen LogP contribution in [0.1, 0.15) is 13.3 Å². The smallest absolute Gasteiger partial charge is 0.0638 e. The third-order valence-corrected chi connectivity index (χ3v) is 1.75. The van der Waals surface area contributed by atoms with Crippen molar-refractivity contribution in [3.05, 3.63) is 0 Å². The van der Waals surface area contributed by atoms with Gasteiger partial charge in [-0.25, -0.2) is 0 Å². The second-order valence-electron chi connectivity index (χ2n) is 2.38. The molecule has 0 radical (unpaired) electrons. The third-order valence-electron chi connectivity index (χ3n) is 1.58. The molecule has 0 saturated heterocycles. The minimum absolute atomic E-state index is 0.323. The molecule has 0 N–H and O–H groups in total. The topological polar surface area (TPSA) is 27.0 Å². The average Bonchev–Trinajstić information content (AvgIpc) is 1.89. The van der Waals surface area contributed by atoms with E-state index in [9.17, 15) is 0 Å². The molecule has 10 heavy (non-hydrogen) atoms. The van der Waals surface area contributed by atoms with Gasteiger partial charge in [-0.3, -0.25) is 0 Å². The summed E-state index contributed by atoms with van der Waals surface area (Å²) >= 11 is 5.52. The van der Waals surface area contributed by atoms with Crippen LogP contribution in [-0.4, -0.2) is 30.4 Å². The van der Waals surface area contributed by atoms with Crippen molar-refractivity contribution in [1.82, 2.24) is 4.90 Å². The quantitative estimate of drug-likeness (QED) is 0.583. The van der Waals surface area contributed by atoms with Crippen LogP contribution in [0.15, 0.2) is 0 Å². The number of nitrogens with zero attached hydrogens (tertiary/aromatic N) is 2. The maximum absolute atomic E-state index is 8.34. The van der Waals surface area contributed by atoms with E-state index in [1.807, 2.05) is 14.0 Å². The van der Waals surface area contributed by atoms with E-state index >= 15 is 0 Å². The minimum Gasteiger partial charge on any atom is -0.301 e. The monoisotopic (exact) mass is 160 g/mol. The van der Waals surface area contributed by atoms with E-state index in [-0.39, 0.29) is 0 Å². The van der Waals surface area contributed by atoms with Crippen molar-refractivity contribution in [3.8, 4) is 6.07 Å². The van der Waals surface area contributed by atoms with Gasteiger partial charge >= 0.3 is 0 Å². The van der Waals surface area contributed by atoms with Crippen LogP contribution in [0.3, 0.4) is 0 Å². The van der Waals surface area contributed by atoms with Gasteiger partial charge in [0.15, 0.2) is 0 Å². The highest BCUT2D eigenvalue weighted by Gasteiger charge is 2.06. The first-order valence-electron chi connectivity index (χ1n) is 3.35. The summed E-state index contributed by atoms with van der Waals surface area (Å²) in [5.41, 5.74) is 0. The molecule has 1 atom stereocenters. The molecule has 0 amide bonds. The molecule has 0 aromatic rings. The van der Waals surface area contributed by atoms with Crippen LogP contribution in [0, 0.1) is 11.3 Å². The molecule has 0 rings (SSSR count). The second kappa shape index (κ2) is 5.52. The van der Waals surface area contributed by atoms with E-state index in [0.29, 0.717) is 18.3 Å². The van der Waals surface area contributed by atoms with Gasteiger partial charge in [0.05, 0.1) is 12.5 Å². The predicted molar refractivity (Wildman–Crippen MR) is 43.0 cm³/mol. The molecule has 0 aromatic carbocycles. The van der Waals surface area contributed by atoms with Crippen LogP contribution in [0.5, 0.6) is 0 Å². The van der Waals surface area contributed by atoms with Gasteiger partial charge in [0.25, 0.3) is 0 Å². The fraction of sp³-hybridized carbons (Fsp3) is 0.857. The Balaban J connectivity index is 3.50. The normalized spacial score (nSPS) is 13.1. The van der Waals surface area contributed by atoms with Crippen LogP contribution in [-0.2, 0) is 0 Å². The molecule has 2 nitrogen and oxygen atoms in total. The van der Waals surface area contributed by atoms with Gasteiger partial charge in [0, 0.05) is 18.5 Å². The Bertz CT molecular complexity index is 119. The Morgan fingerprint density at radius 3 is 2.70 bits per heavy atom. The zero-order valence-electron chi connectivity index (χ0n) is 6.47. The number of rotatable bonds is 4. The van der Waals surface area contributed by atoms with E-state index in [1.165, 1.54) is 0 Å². The zero-order valence-corrected chi connectivity index (χ0v) is 7.23. The van der Waals surface area contributed by atoms with Crippen LogP contribution >= 0.6 is 11.6 Å². The Hall–Kier alpha value is -0.260. The van der Waals surface area contributed by atoms with Crippen LogP contribution < -0.4 is 0 Å². The van der Waals surface area contributed by atoms with E-state index in [4.69, 9.17) is 16.9 Å². The molecule has 0 aliphatic carbocycles. The number of hydrogen-bond donors (Lipinski definition) is 0. The van der Waals surface area contributed by atoms with Crippen LogP contribution in [0.2, 0.25) is 0 Å². The van der Waals surface area contributed by atoms with Gasteiger partial charge in [-0.15, -0.1) is 11.6 Å². The van der Waals surface area contributed by atoms with E-state index in [1.54, 1.807) is 0 Å². The molecule has 0 aromatic heterocycles.